The summed E-state index contributed by atoms with van der Waals surface area (Å²) in [5, 5.41) is 2.56. The summed E-state index contributed by atoms with van der Waals surface area (Å²) in [7, 11) is 0. The van der Waals surface area contributed by atoms with Gasteiger partial charge >= 0.3 is 5.97 Å². The van der Waals surface area contributed by atoms with Gasteiger partial charge in [0.25, 0.3) is 5.91 Å². The molecule has 0 unspecified atom stereocenters. The quantitative estimate of drug-likeness (QED) is 0.545. The molecule has 0 atom stereocenters. The molecule has 4 nitrogen and oxygen atoms in total. The molecule has 1 N–H and O–H groups in total. The van der Waals surface area contributed by atoms with Crippen molar-refractivity contribution < 1.29 is 18.7 Å². The highest BCUT2D eigenvalue weighted by Gasteiger charge is 2.20. The van der Waals surface area contributed by atoms with Crippen LogP contribution in [0.25, 0.3) is 0 Å². The second-order valence-electron chi connectivity index (χ2n) is 6.41. The predicted molar refractivity (Wildman–Crippen MR) is 110 cm³/mol. The second kappa shape index (κ2) is 9.85. The van der Waals surface area contributed by atoms with E-state index < -0.39 is 24.3 Å². The van der Waals surface area contributed by atoms with E-state index in [1.807, 2.05) is 60.7 Å². The number of carbonyl (C=O) groups excluding carboxylic acids is 2. The molecule has 1 amide bonds. The van der Waals surface area contributed by atoms with Crippen LogP contribution in [0.15, 0.2) is 78.9 Å². The van der Waals surface area contributed by atoms with Crippen LogP contribution in [0, 0.1) is 5.82 Å². The van der Waals surface area contributed by atoms with Crippen LogP contribution in [0.2, 0.25) is 5.02 Å². The van der Waals surface area contributed by atoms with E-state index in [1.54, 1.807) is 0 Å². The zero-order valence-corrected chi connectivity index (χ0v) is 16.2. The number of ether oxygens (including phenoxy) is 1. The number of nitrogens with one attached hydrogen (secondary N) is 1. The highest BCUT2D eigenvalue weighted by molar-refractivity contribution is 6.33. The summed E-state index contributed by atoms with van der Waals surface area (Å²) >= 11 is 5.88. The van der Waals surface area contributed by atoms with Gasteiger partial charge in [-0.15, -0.1) is 0 Å². The number of carbonyl (C=O) groups is 2. The first-order chi connectivity index (χ1) is 14.0. The van der Waals surface area contributed by atoms with Crippen molar-refractivity contribution in [2.45, 2.75) is 12.3 Å². The van der Waals surface area contributed by atoms with E-state index in [0.717, 1.165) is 17.2 Å². The molecule has 0 aliphatic heterocycles. The van der Waals surface area contributed by atoms with Crippen LogP contribution in [0.1, 0.15) is 23.5 Å². The average Bonchev–Trinajstić information content (AvgIpc) is 2.74. The Labute approximate surface area is 173 Å². The van der Waals surface area contributed by atoms with E-state index >= 15 is 0 Å². The first-order valence-corrected chi connectivity index (χ1v) is 9.41. The molecule has 29 heavy (non-hydrogen) atoms. The summed E-state index contributed by atoms with van der Waals surface area (Å²) in [5.74, 6) is -1.74. The van der Waals surface area contributed by atoms with Gasteiger partial charge in [-0.05, 0) is 29.3 Å². The molecule has 0 bridgehead atoms. The van der Waals surface area contributed by atoms with Gasteiger partial charge in [0, 0.05) is 5.92 Å². The number of benzene rings is 3. The third-order valence-electron chi connectivity index (χ3n) is 4.34. The van der Waals surface area contributed by atoms with E-state index in [0.29, 0.717) is 0 Å². The van der Waals surface area contributed by atoms with Gasteiger partial charge in [0.2, 0.25) is 0 Å². The Kier molecular flexibility index (Phi) is 6.98. The Bertz CT molecular complexity index is 940. The second-order valence-corrected chi connectivity index (χ2v) is 6.82. The van der Waals surface area contributed by atoms with E-state index in [4.69, 9.17) is 16.3 Å². The maximum absolute atomic E-state index is 13.1. The molecule has 0 spiro atoms. The third-order valence-corrected chi connectivity index (χ3v) is 4.66. The van der Waals surface area contributed by atoms with Crippen molar-refractivity contribution in [3.05, 3.63) is 101 Å². The summed E-state index contributed by atoms with van der Waals surface area (Å²) in [5.41, 5.74) is 2.22. The molecule has 3 aromatic carbocycles. The largest absolute Gasteiger partial charge is 0.456 e. The maximum Gasteiger partial charge on any atom is 0.307 e. The maximum atomic E-state index is 13.1. The van der Waals surface area contributed by atoms with Crippen LogP contribution >= 0.6 is 11.6 Å². The third kappa shape index (κ3) is 5.90. The molecule has 0 heterocycles. The molecule has 0 radical (unpaired) electrons. The van der Waals surface area contributed by atoms with Gasteiger partial charge in [-0.3, -0.25) is 9.59 Å². The molecule has 0 saturated carbocycles. The number of amides is 1. The van der Waals surface area contributed by atoms with Gasteiger partial charge in [-0.1, -0.05) is 72.3 Å². The zero-order valence-electron chi connectivity index (χ0n) is 15.5. The van der Waals surface area contributed by atoms with Crippen molar-refractivity contribution in [2.75, 3.05) is 11.9 Å². The zero-order chi connectivity index (χ0) is 20.6. The molecular weight excluding hydrogens is 393 g/mol. The Morgan fingerprint density at radius 2 is 1.52 bits per heavy atom. The molecular formula is C23H19ClFNO3. The fourth-order valence-electron chi connectivity index (χ4n) is 2.95. The molecule has 0 aliphatic rings. The first-order valence-electron chi connectivity index (χ1n) is 9.03. The SMILES string of the molecule is O=C(COC(=O)CC(c1ccccc1)c1ccccc1)Nc1ccc(F)cc1Cl. The van der Waals surface area contributed by atoms with Crippen LogP contribution in [0.3, 0.4) is 0 Å². The topological polar surface area (TPSA) is 55.4 Å². The van der Waals surface area contributed by atoms with Crippen molar-refractivity contribution in [2.24, 2.45) is 0 Å². The predicted octanol–water partition coefficient (Wildman–Crippen LogP) is 5.18. The molecule has 0 fully saturated rings. The standard InChI is InChI=1S/C23H19ClFNO3/c24-20-13-18(25)11-12-21(20)26-22(27)15-29-23(28)14-19(16-7-3-1-4-8-16)17-9-5-2-6-10-17/h1-13,19H,14-15H2,(H,26,27). The fraction of sp³-hybridized carbons (Fsp3) is 0.130. The molecule has 3 aromatic rings. The number of hydrogen-bond acceptors (Lipinski definition) is 3. The average molecular weight is 412 g/mol. The number of rotatable bonds is 7. The number of esters is 1. The van der Waals surface area contributed by atoms with E-state index in [2.05, 4.69) is 5.32 Å². The lowest BCUT2D eigenvalue weighted by Gasteiger charge is -2.17. The van der Waals surface area contributed by atoms with Gasteiger partial charge in [0.1, 0.15) is 5.82 Å². The van der Waals surface area contributed by atoms with Crippen molar-refractivity contribution in [1.29, 1.82) is 0 Å². The van der Waals surface area contributed by atoms with Crippen LogP contribution in [0.5, 0.6) is 0 Å². The van der Waals surface area contributed by atoms with E-state index in [1.165, 1.54) is 12.1 Å². The highest BCUT2D eigenvalue weighted by Crippen LogP contribution is 2.28. The van der Waals surface area contributed by atoms with E-state index in [9.17, 15) is 14.0 Å². The van der Waals surface area contributed by atoms with E-state index in [-0.39, 0.29) is 23.0 Å². The number of hydrogen-bond donors (Lipinski definition) is 1. The highest BCUT2D eigenvalue weighted by atomic mass is 35.5. The Morgan fingerprint density at radius 1 is 0.931 bits per heavy atom. The summed E-state index contributed by atoms with van der Waals surface area (Å²) in [6, 6.07) is 22.9. The normalized spacial score (nSPS) is 10.6. The van der Waals surface area contributed by atoms with Crippen LogP contribution < -0.4 is 5.32 Å². The first kappa shape index (κ1) is 20.6. The van der Waals surface area contributed by atoms with Gasteiger partial charge in [-0.25, -0.2) is 4.39 Å². The van der Waals surface area contributed by atoms with Gasteiger partial charge in [-0.2, -0.15) is 0 Å². The molecule has 6 heteroatoms. The van der Waals surface area contributed by atoms with Crippen molar-refractivity contribution in [3.63, 3.8) is 0 Å². The van der Waals surface area contributed by atoms with Crippen molar-refractivity contribution in [1.82, 2.24) is 0 Å². The smallest absolute Gasteiger partial charge is 0.307 e. The lowest BCUT2D eigenvalue weighted by Crippen LogP contribution is -2.22. The van der Waals surface area contributed by atoms with Crippen LogP contribution in [-0.4, -0.2) is 18.5 Å². The summed E-state index contributed by atoms with van der Waals surface area (Å²) < 4.78 is 18.2. The van der Waals surface area contributed by atoms with Crippen LogP contribution in [-0.2, 0) is 14.3 Å². The minimum absolute atomic E-state index is 0.0675. The molecule has 3 rings (SSSR count). The fourth-order valence-corrected chi connectivity index (χ4v) is 3.16. The molecule has 0 aliphatic carbocycles. The van der Waals surface area contributed by atoms with Crippen molar-refractivity contribution in [3.8, 4) is 0 Å². The molecule has 0 saturated heterocycles. The summed E-state index contributed by atoms with van der Waals surface area (Å²) in [6.45, 7) is -0.456. The lowest BCUT2D eigenvalue weighted by atomic mass is 9.89. The monoisotopic (exact) mass is 411 g/mol. The Balaban J connectivity index is 1.61. The lowest BCUT2D eigenvalue weighted by molar-refractivity contribution is -0.147. The van der Waals surface area contributed by atoms with Crippen molar-refractivity contribution >= 4 is 29.2 Å². The minimum Gasteiger partial charge on any atom is -0.456 e. The summed E-state index contributed by atoms with van der Waals surface area (Å²) in [6.07, 6.45) is 0.0958. The van der Waals surface area contributed by atoms with Gasteiger partial charge in [0.05, 0.1) is 17.1 Å². The molecule has 0 aromatic heterocycles. The van der Waals surface area contributed by atoms with Crippen LogP contribution in [0.4, 0.5) is 10.1 Å². The van der Waals surface area contributed by atoms with Gasteiger partial charge in [0.15, 0.2) is 6.61 Å². The number of anilines is 1. The summed E-state index contributed by atoms with van der Waals surface area (Å²) in [4.78, 5) is 24.4. The minimum atomic E-state index is -0.553. The molecule has 148 valence electrons. The number of halogens is 2. The van der Waals surface area contributed by atoms with Gasteiger partial charge < -0.3 is 10.1 Å². The Morgan fingerprint density at radius 3 is 2.07 bits per heavy atom. The Hall–Kier alpha value is -3.18.